The molecule has 0 fully saturated rings. The van der Waals surface area contributed by atoms with Crippen molar-refractivity contribution in [3.63, 3.8) is 0 Å². The van der Waals surface area contributed by atoms with Crippen LogP contribution in [-0.2, 0) is 24.1 Å². The lowest BCUT2D eigenvalue weighted by Crippen LogP contribution is -2.42. The van der Waals surface area contributed by atoms with E-state index < -0.39 is 17.9 Å². The molecule has 6 nitrogen and oxygen atoms in total. The van der Waals surface area contributed by atoms with E-state index in [-0.39, 0.29) is 12.1 Å². The highest BCUT2D eigenvalue weighted by atomic mass is 16.5. The van der Waals surface area contributed by atoms with E-state index in [1.807, 2.05) is 30.3 Å². The second-order valence-electron chi connectivity index (χ2n) is 5.69. The summed E-state index contributed by atoms with van der Waals surface area (Å²) in [6.45, 7) is 0. The first-order chi connectivity index (χ1) is 11.1. The molecule has 1 atom stereocenters. The first-order valence-corrected chi connectivity index (χ1v) is 7.70. The van der Waals surface area contributed by atoms with Crippen LogP contribution in [-0.4, -0.2) is 28.2 Å². The largest absolute Gasteiger partial charge is 0.480 e. The normalized spacial score (nSPS) is 14.8. The average molecular weight is 314 g/mol. The number of carbonyl (C=O) groups is 2. The zero-order valence-electron chi connectivity index (χ0n) is 12.6. The number of nitrogens with one attached hydrogen (secondary N) is 1. The molecule has 2 N–H and O–H groups in total. The van der Waals surface area contributed by atoms with Gasteiger partial charge in [-0.25, -0.2) is 4.79 Å². The van der Waals surface area contributed by atoms with E-state index in [1.165, 1.54) is 0 Å². The lowest BCUT2D eigenvalue weighted by Gasteiger charge is -2.15. The third-order valence-corrected chi connectivity index (χ3v) is 4.05. The predicted molar refractivity (Wildman–Crippen MR) is 82.2 cm³/mol. The van der Waals surface area contributed by atoms with Gasteiger partial charge in [0.25, 0.3) is 5.91 Å². The van der Waals surface area contributed by atoms with Crippen molar-refractivity contribution in [2.75, 3.05) is 0 Å². The topological polar surface area (TPSA) is 92.4 Å². The number of benzene rings is 1. The summed E-state index contributed by atoms with van der Waals surface area (Å²) in [5.74, 6) is -0.809. The van der Waals surface area contributed by atoms with E-state index in [1.54, 1.807) is 0 Å². The number of carbonyl (C=O) groups excluding carboxylic acids is 1. The van der Waals surface area contributed by atoms with Crippen LogP contribution >= 0.6 is 0 Å². The van der Waals surface area contributed by atoms with Gasteiger partial charge < -0.3 is 14.9 Å². The molecule has 1 aromatic carbocycles. The number of hydrogen-bond acceptors (Lipinski definition) is 4. The number of aliphatic carboxylic acids is 1. The Labute approximate surface area is 133 Å². The molecule has 1 aromatic heterocycles. The van der Waals surface area contributed by atoms with Crippen molar-refractivity contribution in [3.05, 3.63) is 52.9 Å². The van der Waals surface area contributed by atoms with Crippen molar-refractivity contribution < 1.29 is 19.2 Å². The number of aromatic nitrogens is 1. The molecule has 2 aromatic rings. The summed E-state index contributed by atoms with van der Waals surface area (Å²) in [6, 6.07) is 8.20. The number of carboxylic acids is 1. The standard InChI is InChI=1S/C17H18N2O4/c20-16(15-12-8-4-5-9-14(12)23-19-15)18-13(17(21)22)10-11-6-2-1-3-7-11/h1-3,6-7,13H,4-5,8-10H2,(H,18,20)(H,21,22)/t13-/m1/s1. The van der Waals surface area contributed by atoms with Crippen LogP contribution in [0.4, 0.5) is 0 Å². The minimum Gasteiger partial charge on any atom is -0.480 e. The average Bonchev–Trinajstić information content (AvgIpc) is 2.99. The van der Waals surface area contributed by atoms with Crippen molar-refractivity contribution >= 4 is 11.9 Å². The maximum atomic E-state index is 12.4. The van der Waals surface area contributed by atoms with Gasteiger partial charge in [0.15, 0.2) is 5.69 Å². The summed E-state index contributed by atoms with van der Waals surface area (Å²) >= 11 is 0. The van der Waals surface area contributed by atoms with Gasteiger partial charge in [0, 0.05) is 18.4 Å². The van der Waals surface area contributed by atoms with Gasteiger partial charge in [-0.3, -0.25) is 4.79 Å². The summed E-state index contributed by atoms with van der Waals surface area (Å²) in [5, 5.41) is 15.8. The molecular weight excluding hydrogens is 296 g/mol. The van der Waals surface area contributed by atoms with Crippen LogP contribution in [0.15, 0.2) is 34.9 Å². The molecule has 0 bridgehead atoms. The minimum absolute atomic E-state index is 0.221. The van der Waals surface area contributed by atoms with Crippen LogP contribution in [0, 0.1) is 0 Å². The fourth-order valence-corrected chi connectivity index (χ4v) is 2.84. The lowest BCUT2D eigenvalue weighted by atomic mass is 9.96. The monoisotopic (exact) mass is 314 g/mol. The van der Waals surface area contributed by atoms with Crippen LogP contribution in [0.2, 0.25) is 0 Å². The van der Waals surface area contributed by atoms with E-state index in [0.29, 0.717) is 0 Å². The molecule has 0 saturated heterocycles. The number of aryl methyl sites for hydroxylation is 1. The fourth-order valence-electron chi connectivity index (χ4n) is 2.84. The third kappa shape index (κ3) is 3.41. The summed E-state index contributed by atoms with van der Waals surface area (Å²) in [7, 11) is 0. The van der Waals surface area contributed by atoms with E-state index in [9.17, 15) is 14.7 Å². The third-order valence-electron chi connectivity index (χ3n) is 4.05. The first-order valence-electron chi connectivity index (χ1n) is 7.70. The number of hydrogen-bond donors (Lipinski definition) is 2. The van der Waals surface area contributed by atoms with Crippen LogP contribution in [0.1, 0.15) is 40.2 Å². The van der Waals surface area contributed by atoms with Crippen molar-refractivity contribution in [2.24, 2.45) is 0 Å². The van der Waals surface area contributed by atoms with E-state index in [4.69, 9.17) is 4.52 Å². The highest BCUT2D eigenvalue weighted by molar-refractivity contribution is 5.96. The smallest absolute Gasteiger partial charge is 0.326 e. The lowest BCUT2D eigenvalue weighted by molar-refractivity contribution is -0.139. The SMILES string of the molecule is O=C(N[C@H](Cc1ccccc1)C(=O)O)c1noc2c1CCCC2. The Balaban J connectivity index is 1.74. The second kappa shape index (κ2) is 6.64. The number of carboxylic acid groups (broad SMARTS) is 1. The Bertz CT molecular complexity index is 709. The van der Waals surface area contributed by atoms with Gasteiger partial charge in [0.05, 0.1) is 0 Å². The molecule has 0 saturated carbocycles. The van der Waals surface area contributed by atoms with Crippen molar-refractivity contribution in [1.82, 2.24) is 10.5 Å². The quantitative estimate of drug-likeness (QED) is 0.880. The molecule has 1 heterocycles. The Morgan fingerprint density at radius 1 is 1.22 bits per heavy atom. The maximum absolute atomic E-state index is 12.4. The molecule has 1 aliphatic carbocycles. The molecular formula is C17H18N2O4. The zero-order valence-corrected chi connectivity index (χ0v) is 12.6. The van der Waals surface area contributed by atoms with Crippen LogP contribution < -0.4 is 5.32 Å². The number of rotatable bonds is 5. The van der Waals surface area contributed by atoms with Gasteiger partial charge in [-0.15, -0.1) is 0 Å². The van der Waals surface area contributed by atoms with E-state index in [0.717, 1.165) is 42.6 Å². The Morgan fingerprint density at radius 2 is 1.96 bits per heavy atom. The summed E-state index contributed by atoms with van der Waals surface area (Å²) in [4.78, 5) is 23.8. The van der Waals surface area contributed by atoms with Crippen LogP contribution in [0.3, 0.4) is 0 Å². The molecule has 1 aliphatic rings. The Morgan fingerprint density at radius 3 is 2.70 bits per heavy atom. The predicted octanol–water partition coefficient (Wildman–Crippen LogP) is 1.98. The zero-order chi connectivity index (χ0) is 16.2. The van der Waals surface area contributed by atoms with Gasteiger partial charge in [-0.1, -0.05) is 35.5 Å². The summed E-state index contributed by atoms with van der Waals surface area (Å²) in [5.41, 5.74) is 1.89. The molecule has 0 unspecified atom stereocenters. The van der Waals surface area contributed by atoms with Crippen LogP contribution in [0.25, 0.3) is 0 Å². The first kappa shape index (κ1) is 15.3. The molecule has 120 valence electrons. The molecule has 6 heteroatoms. The molecule has 3 rings (SSSR count). The Kier molecular flexibility index (Phi) is 4.41. The highest BCUT2D eigenvalue weighted by Gasteiger charge is 2.27. The van der Waals surface area contributed by atoms with Crippen molar-refractivity contribution in [3.8, 4) is 0 Å². The molecule has 0 aliphatic heterocycles. The molecule has 1 amide bonds. The van der Waals surface area contributed by atoms with Crippen molar-refractivity contribution in [1.29, 1.82) is 0 Å². The minimum atomic E-state index is -1.07. The summed E-state index contributed by atoms with van der Waals surface area (Å²) in [6.07, 6.45) is 3.76. The molecule has 0 spiro atoms. The fraction of sp³-hybridized carbons (Fsp3) is 0.353. The van der Waals surface area contributed by atoms with Gasteiger partial charge in [-0.2, -0.15) is 0 Å². The highest BCUT2D eigenvalue weighted by Crippen LogP contribution is 2.24. The number of amides is 1. The maximum Gasteiger partial charge on any atom is 0.326 e. The van der Waals surface area contributed by atoms with Gasteiger partial charge in [0.2, 0.25) is 0 Å². The van der Waals surface area contributed by atoms with Gasteiger partial charge >= 0.3 is 5.97 Å². The number of nitrogens with zero attached hydrogens (tertiary/aromatic N) is 1. The number of fused-ring (bicyclic) bond motifs is 1. The van der Waals surface area contributed by atoms with Gasteiger partial charge in [0.1, 0.15) is 11.8 Å². The van der Waals surface area contributed by atoms with Crippen LogP contribution in [0.5, 0.6) is 0 Å². The molecule has 0 radical (unpaired) electrons. The van der Waals surface area contributed by atoms with E-state index >= 15 is 0 Å². The molecule has 23 heavy (non-hydrogen) atoms. The van der Waals surface area contributed by atoms with Crippen molar-refractivity contribution in [2.45, 2.75) is 38.1 Å². The second-order valence-corrected chi connectivity index (χ2v) is 5.69. The van der Waals surface area contributed by atoms with Gasteiger partial charge in [-0.05, 0) is 24.8 Å². The summed E-state index contributed by atoms with van der Waals surface area (Å²) < 4.78 is 5.21. The Hall–Kier alpha value is -2.63. The van der Waals surface area contributed by atoms with E-state index in [2.05, 4.69) is 10.5 Å².